The molecule has 6 nitrogen and oxygen atoms in total. The fraction of sp³-hybridized carbons (Fsp3) is 0.945. The number of amides is 1. The van der Waals surface area contributed by atoms with Crippen LogP contribution in [0.5, 0.6) is 0 Å². The molecule has 0 heterocycles. The summed E-state index contributed by atoms with van der Waals surface area (Å²) in [5, 5.41) is 23.3. The van der Waals surface area contributed by atoms with Crippen LogP contribution >= 0.6 is 0 Å². The molecule has 0 aliphatic rings. The van der Waals surface area contributed by atoms with E-state index in [0.29, 0.717) is 25.9 Å². The molecule has 0 saturated heterocycles. The van der Waals surface area contributed by atoms with E-state index in [0.717, 1.165) is 44.9 Å². The van der Waals surface area contributed by atoms with Gasteiger partial charge in [-0.25, -0.2) is 0 Å². The number of aliphatic hydroxyl groups is 2. The van der Waals surface area contributed by atoms with Gasteiger partial charge < -0.3 is 20.3 Å². The van der Waals surface area contributed by atoms with Crippen molar-refractivity contribution in [2.75, 3.05) is 13.2 Å². The fourth-order valence-electron chi connectivity index (χ4n) is 11.8. The van der Waals surface area contributed by atoms with Gasteiger partial charge in [0.1, 0.15) is 0 Å². The number of hydrogen-bond donors (Lipinski definition) is 3. The molecule has 1 amide bonds. The van der Waals surface area contributed by atoms with Crippen LogP contribution in [0.4, 0.5) is 0 Å². The highest BCUT2D eigenvalue weighted by Gasteiger charge is 2.20. The monoisotopic (exact) mass is 1110 g/mol. The van der Waals surface area contributed by atoms with Crippen LogP contribution in [0, 0.1) is 0 Å². The van der Waals surface area contributed by atoms with Crippen LogP contribution in [0.2, 0.25) is 0 Å². The highest BCUT2D eigenvalue weighted by atomic mass is 16.5. The quantitative estimate of drug-likeness (QED) is 0.0320. The molecule has 0 saturated carbocycles. The highest BCUT2D eigenvalue weighted by Crippen LogP contribution is 2.20. The first kappa shape index (κ1) is 77.6. The molecule has 2 atom stereocenters. The van der Waals surface area contributed by atoms with Crippen molar-refractivity contribution in [1.82, 2.24) is 5.32 Å². The molecule has 6 heteroatoms. The van der Waals surface area contributed by atoms with E-state index in [1.807, 2.05) is 0 Å². The van der Waals surface area contributed by atoms with Crippen LogP contribution in [0.1, 0.15) is 418 Å². The first-order valence-corrected chi connectivity index (χ1v) is 36.4. The van der Waals surface area contributed by atoms with E-state index >= 15 is 0 Å². The van der Waals surface area contributed by atoms with E-state index < -0.39 is 12.1 Å². The largest absolute Gasteiger partial charge is 0.466 e. The summed E-state index contributed by atoms with van der Waals surface area (Å²) in [5.41, 5.74) is 0. The van der Waals surface area contributed by atoms with Gasteiger partial charge in [-0.15, -0.1) is 0 Å². The molecule has 0 rings (SSSR count). The molecule has 0 aromatic carbocycles. The van der Waals surface area contributed by atoms with Crippen molar-refractivity contribution in [2.45, 2.75) is 431 Å². The summed E-state index contributed by atoms with van der Waals surface area (Å²) in [7, 11) is 0. The minimum atomic E-state index is -0.659. The van der Waals surface area contributed by atoms with Gasteiger partial charge in [-0.1, -0.05) is 366 Å². The molecule has 470 valence electrons. The van der Waals surface area contributed by atoms with Crippen LogP contribution in [0.25, 0.3) is 0 Å². The smallest absolute Gasteiger partial charge is 0.305 e. The number of allylic oxidation sites excluding steroid dienone is 2. The topological polar surface area (TPSA) is 95.9 Å². The molecule has 0 aromatic heterocycles. The maximum atomic E-state index is 12.5. The van der Waals surface area contributed by atoms with Crippen LogP contribution in [0.3, 0.4) is 0 Å². The first-order valence-electron chi connectivity index (χ1n) is 36.4. The number of aliphatic hydroxyl groups excluding tert-OH is 2. The van der Waals surface area contributed by atoms with E-state index in [2.05, 4.69) is 31.3 Å². The lowest BCUT2D eigenvalue weighted by atomic mass is 10.0. The Bertz CT molecular complexity index is 1190. The zero-order valence-electron chi connectivity index (χ0n) is 53.9. The van der Waals surface area contributed by atoms with Crippen LogP contribution < -0.4 is 5.32 Å². The number of ether oxygens (including phenoxy) is 1. The van der Waals surface area contributed by atoms with Crippen molar-refractivity contribution >= 4 is 11.9 Å². The maximum Gasteiger partial charge on any atom is 0.305 e. The zero-order valence-corrected chi connectivity index (χ0v) is 53.9. The van der Waals surface area contributed by atoms with E-state index in [1.54, 1.807) is 0 Å². The van der Waals surface area contributed by atoms with Crippen molar-refractivity contribution < 1.29 is 24.5 Å². The minimum absolute atomic E-state index is 0.0152. The Morgan fingerprint density at radius 1 is 0.342 bits per heavy atom. The van der Waals surface area contributed by atoms with Gasteiger partial charge >= 0.3 is 5.97 Å². The van der Waals surface area contributed by atoms with Crippen molar-refractivity contribution in [2.24, 2.45) is 0 Å². The number of unbranched alkanes of at least 4 members (excludes halogenated alkanes) is 56. The van der Waals surface area contributed by atoms with Gasteiger partial charge in [-0.05, 0) is 51.4 Å². The van der Waals surface area contributed by atoms with Crippen molar-refractivity contribution in [3.63, 3.8) is 0 Å². The number of esters is 1. The lowest BCUT2D eigenvalue weighted by Crippen LogP contribution is -2.45. The van der Waals surface area contributed by atoms with E-state index in [4.69, 9.17) is 4.74 Å². The van der Waals surface area contributed by atoms with Crippen LogP contribution in [-0.4, -0.2) is 47.4 Å². The Morgan fingerprint density at radius 2 is 0.595 bits per heavy atom. The molecule has 2 unspecified atom stereocenters. The molecular weight excluding hydrogens is 971 g/mol. The molecule has 0 spiro atoms. The number of nitrogens with one attached hydrogen (secondary N) is 1. The summed E-state index contributed by atoms with van der Waals surface area (Å²) < 4.78 is 5.50. The third-order valence-electron chi connectivity index (χ3n) is 17.3. The van der Waals surface area contributed by atoms with Gasteiger partial charge in [-0.2, -0.15) is 0 Å². The van der Waals surface area contributed by atoms with Gasteiger partial charge in [-0.3, -0.25) is 9.59 Å². The SMILES string of the molecule is CCCCCCCCC/C=C\CCCCCCCC(=O)OCCCCCCCCCCCCCCCCCCCCCCCCCCCCCCCCCCCC(=O)NC(CO)C(O)CCCCCCCCCCCCCCC. The van der Waals surface area contributed by atoms with Crippen molar-refractivity contribution in [1.29, 1.82) is 0 Å². The lowest BCUT2D eigenvalue weighted by Gasteiger charge is -2.22. The molecule has 0 fully saturated rings. The fourth-order valence-corrected chi connectivity index (χ4v) is 11.8. The Morgan fingerprint density at radius 3 is 0.899 bits per heavy atom. The standard InChI is InChI=1S/C73H143NO5/c1-3-5-7-9-11-13-15-17-18-39-43-47-51-55-59-63-67-73(78)79-68-64-60-56-52-48-44-40-37-35-33-31-29-27-25-23-21-19-20-22-24-26-28-30-32-34-36-38-42-46-50-54-58-62-66-72(77)74-70(69-75)71(76)65-61-57-53-49-45-41-16-14-12-10-8-6-4-2/h18,39,70-71,75-76H,3-17,19-38,40-69H2,1-2H3,(H,74,77)/b39-18-. The first-order chi connectivity index (χ1) is 39.0. The molecule has 0 radical (unpaired) electrons. The normalized spacial score (nSPS) is 12.5. The molecule has 0 aromatic rings. The van der Waals surface area contributed by atoms with Crippen molar-refractivity contribution in [3.05, 3.63) is 12.2 Å². The number of carbonyl (C=O) groups is 2. The molecule has 0 bridgehead atoms. The molecule has 0 aliphatic carbocycles. The zero-order chi connectivity index (χ0) is 57.1. The summed E-state index contributed by atoms with van der Waals surface area (Å²) in [6, 6.07) is -0.536. The lowest BCUT2D eigenvalue weighted by molar-refractivity contribution is -0.143. The highest BCUT2D eigenvalue weighted by molar-refractivity contribution is 5.76. The second-order valence-corrected chi connectivity index (χ2v) is 25.3. The van der Waals surface area contributed by atoms with Gasteiger partial charge in [0, 0.05) is 12.8 Å². The van der Waals surface area contributed by atoms with E-state index in [-0.39, 0.29) is 18.5 Å². The third kappa shape index (κ3) is 65.6. The second kappa shape index (κ2) is 69.1. The summed E-state index contributed by atoms with van der Waals surface area (Å²) in [4.78, 5) is 24.6. The third-order valence-corrected chi connectivity index (χ3v) is 17.3. The van der Waals surface area contributed by atoms with Gasteiger partial charge in [0.15, 0.2) is 0 Å². The second-order valence-electron chi connectivity index (χ2n) is 25.3. The minimum Gasteiger partial charge on any atom is -0.466 e. The van der Waals surface area contributed by atoms with E-state index in [1.165, 1.54) is 340 Å². The average Bonchev–Trinajstić information content (AvgIpc) is 3.45. The number of hydrogen-bond acceptors (Lipinski definition) is 5. The molecular formula is C73H143NO5. The molecule has 79 heavy (non-hydrogen) atoms. The van der Waals surface area contributed by atoms with Gasteiger partial charge in [0.2, 0.25) is 5.91 Å². The number of rotatable bonds is 69. The number of carbonyl (C=O) groups excluding carboxylic acids is 2. The maximum absolute atomic E-state index is 12.5. The summed E-state index contributed by atoms with van der Waals surface area (Å²) >= 11 is 0. The van der Waals surface area contributed by atoms with Crippen LogP contribution in [0.15, 0.2) is 12.2 Å². The summed E-state index contributed by atoms with van der Waals surface area (Å²) in [6.07, 6.45) is 85.7. The van der Waals surface area contributed by atoms with Crippen LogP contribution in [-0.2, 0) is 14.3 Å². The molecule has 0 aliphatic heterocycles. The Balaban J connectivity index is 3.29. The predicted molar refractivity (Wildman–Crippen MR) is 347 cm³/mol. The van der Waals surface area contributed by atoms with E-state index in [9.17, 15) is 19.8 Å². The van der Waals surface area contributed by atoms with Gasteiger partial charge in [0.05, 0.1) is 25.4 Å². The summed E-state index contributed by atoms with van der Waals surface area (Å²) in [5.74, 6) is -0.0124. The van der Waals surface area contributed by atoms with Gasteiger partial charge in [0.25, 0.3) is 0 Å². The summed E-state index contributed by atoms with van der Waals surface area (Å²) in [6.45, 7) is 4.98. The molecule has 3 N–H and O–H groups in total. The van der Waals surface area contributed by atoms with Crippen molar-refractivity contribution in [3.8, 4) is 0 Å². The Kier molecular flexibility index (Phi) is 67.9. The Labute approximate surface area is 495 Å². The average molecular weight is 1110 g/mol. The Hall–Kier alpha value is -1.40. The predicted octanol–water partition coefficient (Wildman–Crippen LogP) is 23.5.